The number of nitrogens with one attached hydrogen (secondary N) is 1. The molecule has 1 heterocycles. The number of likely N-dealkylation sites (N-methyl/N-ethyl adjacent to an activating group) is 1. The fourth-order valence-corrected chi connectivity index (χ4v) is 2.72. The van der Waals surface area contributed by atoms with Gasteiger partial charge in [-0.05, 0) is 44.6 Å². The van der Waals surface area contributed by atoms with Gasteiger partial charge in [-0.1, -0.05) is 11.6 Å². The molecule has 0 radical (unpaired) electrons. The van der Waals surface area contributed by atoms with Crippen LogP contribution in [-0.2, 0) is 6.54 Å². The highest BCUT2D eigenvalue weighted by Gasteiger charge is 2.17. The molecule has 1 atom stereocenters. The number of hydrogen-bond acceptors (Lipinski definition) is 3. The molecule has 3 nitrogen and oxygen atoms in total. The van der Waals surface area contributed by atoms with E-state index in [1.165, 1.54) is 12.5 Å². The van der Waals surface area contributed by atoms with Crippen LogP contribution in [-0.4, -0.2) is 37.7 Å². The van der Waals surface area contributed by atoms with Gasteiger partial charge in [0.05, 0.1) is 0 Å². The molecule has 0 saturated carbocycles. The maximum absolute atomic E-state index is 12.4. The largest absolute Gasteiger partial charge is 0.434 e. The number of rotatable bonds is 6. The first-order valence-electron chi connectivity index (χ1n) is 6.70. The predicted molar refractivity (Wildman–Crippen MR) is 75.4 cm³/mol. The lowest BCUT2D eigenvalue weighted by atomic mass is 10.1. The van der Waals surface area contributed by atoms with Gasteiger partial charge in [0.25, 0.3) is 0 Å². The van der Waals surface area contributed by atoms with Gasteiger partial charge < -0.3 is 15.0 Å². The van der Waals surface area contributed by atoms with Gasteiger partial charge in [0, 0.05) is 29.7 Å². The maximum atomic E-state index is 12.4. The summed E-state index contributed by atoms with van der Waals surface area (Å²) in [6, 6.07) is 5.20. The van der Waals surface area contributed by atoms with Crippen LogP contribution in [0.5, 0.6) is 5.75 Å². The van der Waals surface area contributed by atoms with E-state index < -0.39 is 6.61 Å². The van der Waals surface area contributed by atoms with Crippen molar-refractivity contribution in [2.45, 2.75) is 32.0 Å². The Morgan fingerprint density at radius 2 is 2.30 bits per heavy atom. The van der Waals surface area contributed by atoms with Gasteiger partial charge >= 0.3 is 6.61 Å². The standard InChI is InChI=1S/C14H19ClF2N2O/c1-19(9-12-3-2-6-18-12)8-10-7-11(15)4-5-13(10)20-14(16)17/h4-5,7,12,14,18H,2-3,6,8-9H2,1H3. The molecule has 1 saturated heterocycles. The van der Waals surface area contributed by atoms with Crippen molar-refractivity contribution in [2.75, 3.05) is 20.1 Å². The molecule has 0 bridgehead atoms. The molecule has 1 aromatic carbocycles. The van der Waals surface area contributed by atoms with E-state index in [-0.39, 0.29) is 5.75 Å². The summed E-state index contributed by atoms with van der Waals surface area (Å²) in [6.07, 6.45) is 2.34. The minimum atomic E-state index is -2.82. The highest BCUT2D eigenvalue weighted by molar-refractivity contribution is 6.30. The van der Waals surface area contributed by atoms with Crippen LogP contribution in [0.4, 0.5) is 8.78 Å². The molecule has 1 aromatic rings. The molecule has 6 heteroatoms. The van der Waals surface area contributed by atoms with E-state index in [0.717, 1.165) is 19.5 Å². The number of benzene rings is 1. The summed E-state index contributed by atoms with van der Waals surface area (Å²) < 4.78 is 29.3. The summed E-state index contributed by atoms with van der Waals surface area (Å²) >= 11 is 5.93. The van der Waals surface area contributed by atoms with Crippen molar-refractivity contribution in [2.24, 2.45) is 0 Å². The van der Waals surface area contributed by atoms with Crippen LogP contribution in [0.2, 0.25) is 5.02 Å². The first-order valence-corrected chi connectivity index (χ1v) is 7.07. The number of nitrogens with zero attached hydrogens (tertiary/aromatic N) is 1. The van der Waals surface area contributed by atoms with Crippen LogP contribution in [0, 0.1) is 0 Å². The second-order valence-corrected chi connectivity index (χ2v) is 5.56. The van der Waals surface area contributed by atoms with Crippen LogP contribution in [0.15, 0.2) is 18.2 Å². The second kappa shape index (κ2) is 7.20. The third-order valence-electron chi connectivity index (χ3n) is 3.37. The second-order valence-electron chi connectivity index (χ2n) is 5.12. The summed E-state index contributed by atoms with van der Waals surface area (Å²) in [5.41, 5.74) is 0.679. The zero-order chi connectivity index (χ0) is 14.5. The fourth-order valence-electron chi connectivity index (χ4n) is 2.53. The number of hydrogen-bond donors (Lipinski definition) is 1. The molecule has 1 aliphatic heterocycles. The molecule has 1 fully saturated rings. The Bertz CT molecular complexity index is 439. The van der Waals surface area contributed by atoms with Crippen molar-refractivity contribution in [1.29, 1.82) is 0 Å². The number of alkyl halides is 2. The quantitative estimate of drug-likeness (QED) is 0.874. The predicted octanol–water partition coefficient (Wildman–Crippen LogP) is 3.13. The lowest BCUT2D eigenvalue weighted by molar-refractivity contribution is -0.0507. The van der Waals surface area contributed by atoms with E-state index in [1.54, 1.807) is 12.1 Å². The summed E-state index contributed by atoms with van der Waals surface area (Å²) in [5.74, 6) is 0.190. The normalized spacial score (nSPS) is 19.0. The fraction of sp³-hybridized carbons (Fsp3) is 0.571. The zero-order valence-electron chi connectivity index (χ0n) is 11.4. The van der Waals surface area contributed by atoms with Gasteiger partial charge in [0.15, 0.2) is 0 Å². The van der Waals surface area contributed by atoms with Gasteiger partial charge in [0.1, 0.15) is 5.75 Å². The molecule has 112 valence electrons. The van der Waals surface area contributed by atoms with Gasteiger partial charge in [0.2, 0.25) is 0 Å². The van der Waals surface area contributed by atoms with Gasteiger partial charge in [-0.25, -0.2) is 0 Å². The highest BCUT2D eigenvalue weighted by atomic mass is 35.5. The van der Waals surface area contributed by atoms with E-state index in [2.05, 4.69) is 15.0 Å². The molecule has 0 spiro atoms. The lowest BCUT2D eigenvalue weighted by Crippen LogP contribution is -2.35. The molecule has 0 aromatic heterocycles. The molecule has 0 aliphatic carbocycles. The topological polar surface area (TPSA) is 24.5 Å². The molecule has 0 amide bonds. The molecule has 1 unspecified atom stereocenters. The van der Waals surface area contributed by atoms with Crippen molar-refractivity contribution in [1.82, 2.24) is 10.2 Å². The highest BCUT2D eigenvalue weighted by Crippen LogP contribution is 2.25. The van der Waals surface area contributed by atoms with Crippen LogP contribution in [0.25, 0.3) is 0 Å². The van der Waals surface area contributed by atoms with E-state index in [4.69, 9.17) is 11.6 Å². The third kappa shape index (κ3) is 4.58. The van der Waals surface area contributed by atoms with Crippen LogP contribution >= 0.6 is 11.6 Å². The van der Waals surface area contributed by atoms with Crippen molar-refractivity contribution >= 4 is 11.6 Å². The first-order chi connectivity index (χ1) is 9.54. The monoisotopic (exact) mass is 304 g/mol. The van der Waals surface area contributed by atoms with Gasteiger partial charge in [-0.2, -0.15) is 8.78 Å². The van der Waals surface area contributed by atoms with Gasteiger partial charge in [-0.3, -0.25) is 0 Å². The molecule has 20 heavy (non-hydrogen) atoms. The minimum Gasteiger partial charge on any atom is -0.434 e. The minimum absolute atomic E-state index is 0.190. The summed E-state index contributed by atoms with van der Waals surface area (Å²) in [7, 11) is 1.97. The van der Waals surface area contributed by atoms with Crippen molar-refractivity contribution in [3.8, 4) is 5.75 Å². The van der Waals surface area contributed by atoms with Crippen LogP contribution in [0.3, 0.4) is 0 Å². The van der Waals surface area contributed by atoms with Crippen molar-refractivity contribution < 1.29 is 13.5 Å². The molecule has 2 rings (SSSR count). The van der Waals surface area contributed by atoms with Crippen LogP contribution in [0.1, 0.15) is 18.4 Å². The molecular formula is C14H19ClF2N2O. The van der Waals surface area contributed by atoms with Crippen molar-refractivity contribution in [3.05, 3.63) is 28.8 Å². The van der Waals surface area contributed by atoms with Gasteiger partial charge in [-0.15, -0.1) is 0 Å². The first kappa shape index (κ1) is 15.5. The summed E-state index contributed by atoms with van der Waals surface area (Å²) in [6.45, 7) is -0.367. The van der Waals surface area contributed by atoms with E-state index in [9.17, 15) is 8.78 Å². The Labute approximate surface area is 122 Å². The summed E-state index contributed by atoms with van der Waals surface area (Å²) in [5, 5.41) is 3.93. The maximum Gasteiger partial charge on any atom is 0.387 e. The third-order valence-corrected chi connectivity index (χ3v) is 3.61. The van der Waals surface area contributed by atoms with Crippen LogP contribution < -0.4 is 10.1 Å². The number of ether oxygens (including phenoxy) is 1. The van der Waals surface area contributed by atoms with Crippen molar-refractivity contribution in [3.63, 3.8) is 0 Å². The van der Waals surface area contributed by atoms with E-state index in [0.29, 0.717) is 23.2 Å². The number of halogens is 3. The SMILES string of the molecule is CN(Cc1cc(Cl)ccc1OC(F)F)CC1CCCN1. The molecule has 1 aliphatic rings. The average molecular weight is 305 g/mol. The summed E-state index contributed by atoms with van der Waals surface area (Å²) in [4.78, 5) is 2.09. The van der Waals surface area contributed by atoms with E-state index in [1.807, 2.05) is 7.05 Å². The lowest BCUT2D eigenvalue weighted by Gasteiger charge is -2.22. The Kier molecular flexibility index (Phi) is 5.57. The smallest absolute Gasteiger partial charge is 0.387 e. The zero-order valence-corrected chi connectivity index (χ0v) is 12.2. The van der Waals surface area contributed by atoms with E-state index >= 15 is 0 Å². The molecular weight excluding hydrogens is 286 g/mol. The Balaban J connectivity index is 2.00. The molecule has 1 N–H and O–H groups in total. The Hall–Kier alpha value is -0.910. The Morgan fingerprint density at radius 3 is 2.95 bits per heavy atom. The average Bonchev–Trinajstić information content (AvgIpc) is 2.84. The Morgan fingerprint density at radius 1 is 1.50 bits per heavy atom.